The predicted molar refractivity (Wildman–Crippen MR) is 67.3 cm³/mol. The molecular weight excluding hydrogens is 257 g/mol. The smallest absolute Gasteiger partial charge is 0.223 e. The Morgan fingerprint density at radius 1 is 1.33 bits per heavy atom. The second-order valence-corrected chi connectivity index (χ2v) is 3.96. The largest absolute Gasteiger partial charge is 0.494 e. The first kappa shape index (κ1) is 12.6. The Labute approximate surface area is 109 Å². The molecule has 0 spiro atoms. The highest BCUT2D eigenvalue weighted by Gasteiger charge is 2.02. The van der Waals surface area contributed by atoms with Crippen LogP contribution in [0.15, 0.2) is 30.6 Å². The number of halogens is 2. The molecule has 1 heterocycles. The molecule has 0 unspecified atom stereocenters. The summed E-state index contributed by atoms with van der Waals surface area (Å²) in [6, 6.07) is 4.54. The number of aromatic nitrogens is 2. The molecule has 0 fully saturated rings. The summed E-state index contributed by atoms with van der Waals surface area (Å²) in [5.74, 6) is 0.628. The van der Waals surface area contributed by atoms with Gasteiger partial charge in [0.15, 0.2) is 5.75 Å². The molecule has 1 N–H and O–H groups in total. The fourth-order valence-corrected chi connectivity index (χ4v) is 1.55. The summed E-state index contributed by atoms with van der Waals surface area (Å²) in [5.41, 5.74) is 0.848. The highest BCUT2D eigenvalue weighted by Crippen LogP contribution is 2.16. The van der Waals surface area contributed by atoms with E-state index in [-0.39, 0.29) is 5.02 Å². The summed E-state index contributed by atoms with van der Waals surface area (Å²) in [4.78, 5) is 8.10. The molecule has 2 aromatic rings. The SMILES string of the molecule is COc1cnc(NCc2ccc(F)c(Cl)c2)nc1. The standard InChI is InChI=1S/C12H11ClFN3O/c1-18-9-6-16-12(17-7-9)15-5-8-2-3-11(14)10(13)4-8/h2-4,6-7H,5H2,1H3,(H,15,16,17). The van der Waals surface area contributed by atoms with Crippen molar-refractivity contribution in [2.75, 3.05) is 12.4 Å². The van der Waals surface area contributed by atoms with Crippen LogP contribution in [0.25, 0.3) is 0 Å². The average Bonchev–Trinajstić information content (AvgIpc) is 2.41. The number of anilines is 1. The van der Waals surface area contributed by atoms with E-state index in [0.717, 1.165) is 5.56 Å². The van der Waals surface area contributed by atoms with E-state index >= 15 is 0 Å². The predicted octanol–water partition coefficient (Wildman–Crippen LogP) is 2.89. The Bertz CT molecular complexity index is 533. The zero-order valence-corrected chi connectivity index (χ0v) is 10.4. The van der Waals surface area contributed by atoms with Gasteiger partial charge in [-0.15, -0.1) is 0 Å². The van der Waals surface area contributed by atoms with Gasteiger partial charge in [0.2, 0.25) is 5.95 Å². The normalized spacial score (nSPS) is 10.2. The van der Waals surface area contributed by atoms with Crippen molar-refractivity contribution >= 4 is 17.5 Å². The van der Waals surface area contributed by atoms with Crippen molar-refractivity contribution in [1.29, 1.82) is 0 Å². The topological polar surface area (TPSA) is 47.0 Å². The van der Waals surface area contributed by atoms with Gasteiger partial charge in [-0.1, -0.05) is 17.7 Å². The maximum absolute atomic E-state index is 13.0. The zero-order valence-electron chi connectivity index (χ0n) is 9.65. The van der Waals surface area contributed by atoms with Crippen LogP contribution in [0.1, 0.15) is 5.56 Å². The third-order valence-corrected chi connectivity index (χ3v) is 2.59. The first-order valence-electron chi connectivity index (χ1n) is 5.23. The molecule has 1 aromatic heterocycles. The maximum atomic E-state index is 13.0. The Morgan fingerprint density at radius 3 is 2.67 bits per heavy atom. The van der Waals surface area contributed by atoms with Crippen LogP contribution in [-0.4, -0.2) is 17.1 Å². The molecule has 0 aliphatic rings. The highest BCUT2D eigenvalue weighted by molar-refractivity contribution is 6.30. The van der Waals surface area contributed by atoms with Gasteiger partial charge in [0.05, 0.1) is 24.5 Å². The minimum absolute atomic E-state index is 0.102. The summed E-state index contributed by atoms with van der Waals surface area (Å²) in [7, 11) is 1.55. The van der Waals surface area contributed by atoms with Gasteiger partial charge in [0, 0.05) is 6.54 Å². The van der Waals surface area contributed by atoms with Crippen molar-refractivity contribution in [1.82, 2.24) is 9.97 Å². The number of hydrogen-bond donors (Lipinski definition) is 1. The van der Waals surface area contributed by atoms with E-state index in [4.69, 9.17) is 16.3 Å². The second-order valence-electron chi connectivity index (χ2n) is 3.55. The summed E-state index contributed by atoms with van der Waals surface area (Å²) in [5, 5.41) is 3.10. The molecule has 6 heteroatoms. The Morgan fingerprint density at radius 2 is 2.06 bits per heavy atom. The van der Waals surface area contributed by atoms with Crippen LogP contribution in [0.5, 0.6) is 5.75 Å². The minimum atomic E-state index is -0.430. The number of hydrogen-bond acceptors (Lipinski definition) is 4. The Hall–Kier alpha value is -1.88. The molecule has 0 saturated carbocycles. The Kier molecular flexibility index (Phi) is 3.94. The molecule has 0 bridgehead atoms. The van der Waals surface area contributed by atoms with Crippen molar-refractivity contribution < 1.29 is 9.13 Å². The first-order valence-corrected chi connectivity index (χ1v) is 5.60. The second kappa shape index (κ2) is 5.64. The van der Waals surface area contributed by atoms with Crippen LogP contribution in [0.3, 0.4) is 0 Å². The van der Waals surface area contributed by atoms with E-state index in [1.807, 2.05) is 0 Å². The molecule has 0 saturated heterocycles. The molecular formula is C12H11ClFN3O. The fraction of sp³-hybridized carbons (Fsp3) is 0.167. The van der Waals surface area contributed by atoms with Gasteiger partial charge >= 0.3 is 0 Å². The summed E-state index contributed by atoms with van der Waals surface area (Å²) < 4.78 is 17.9. The number of nitrogens with one attached hydrogen (secondary N) is 1. The van der Waals surface area contributed by atoms with Gasteiger partial charge in [-0.2, -0.15) is 0 Å². The zero-order chi connectivity index (χ0) is 13.0. The van der Waals surface area contributed by atoms with Crippen LogP contribution in [0.2, 0.25) is 5.02 Å². The first-order chi connectivity index (χ1) is 8.69. The van der Waals surface area contributed by atoms with Crippen LogP contribution in [-0.2, 0) is 6.54 Å². The van der Waals surface area contributed by atoms with Crippen molar-refractivity contribution in [3.05, 3.63) is 47.0 Å². The van der Waals surface area contributed by atoms with Crippen molar-refractivity contribution in [3.8, 4) is 5.75 Å². The molecule has 94 valence electrons. The lowest BCUT2D eigenvalue weighted by Crippen LogP contribution is -2.03. The molecule has 2 rings (SSSR count). The molecule has 18 heavy (non-hydrogen) atoms. The number of rotatable bonds is 4. The third-order valence-electron chi connectivity index (χ3n) is 2.30. The van der Waals surface area contributed by atoms with Gasteiger partial charge < -0.3 is 10.1 Å². The van der Waals surface area contributed by atoms with E-state index in [2.05, 4.69) is 15.3 Å². The molecule has 0 radical (unpaired) electrons. The summed E-state index contributed by atoms with van der Waals surface area (Å²) in [6.07, 6.45) is 3.12. The van der Waals surface area contributed by atoms with Crippen LogP contribution < -0.4 is 10.1 Å². The minimum Gasteiger partial charge on any atom is -0.494 e. The van der Waals surface area contributed by atoms with Crippen molar-refractivity contribution in [2.24, 2.45) is 0 Å². The number of benzene rings is 1. The molecule has 1 aromatic carbocycles. The van der Waals surface area contributed by atoms with Gasteiger partial charge in [-0.05, 0) is 17.7 Å². The molecule has 4 nitrogen and oxygen atoms in total. The van der Waals surface area contributed by atoms with Crippen molar-refractivity contribution in [2.45, 2.75) is 6.54 Å². The molecule has 0 amide bonds. The Balaban J connectivity index is 1.99. The third kappa shape index (κ3) is 3.07. The van der Waals surface area contributed by atoms with Gasteiger partial charge in [0.1, 0.15) is 5.82 Å². The number of nitrogens with zero attached hydrogens (tertiary/aromatic N) is 2. The fourth-order valence-electron chi connectivity index (χ4n) is 1.34. The van der Waals surface area contributed by atoms with E-state index in [1.54, 1.807) is 31.6 Å². The van der Waals surface area contributed by atoms with Gasteiger partial charge in [-0.3, -0.25) is 0 Å². The van der Waals surface area contributed by atoms with Crippen LogP contribution in [0.4, 0.5) is 10.3 Å². The highest BCUT2D eigenvalue weighted by atomic mass is 35.5. The van der Waals surface area contributed by atoms with Gasteiger partial charge in [-0.25, -0.2) is 14.4 Å². The van der Waals surface area contributed by atoms with Gasteiger partial charge in [0.25, 0.3) is 0 Å². The van der Waals surface area contributed by atoms with E-state index in [0.29, 0.717) is 18.2 Å². The monoisotopic (exact) mass is 267 g/mol. The molecule has 0 atom stereocenters. The quantitative estimate of drug-likeness (QED) is 0.925. The lowest BCUT2D eigenvalue weighted by Gasteiger charge is -2.06. The molecule has 0 aliphatic heterocycles. The number of methoxy groups -OCH3 is 1. The lowest BCUT2D eigenvalue weighted by atomic mass is 10.2. The van der Waals surface area contributed by atoms with E-state index in [9.17, 15) is 4.39 Å². The van der Waals surface area contributed by atoms with Crippen LogP contribution >= 0.6 is 11.6 Å². The van der Waals surface area contributed by atoms with Crippen molar-refractivity contribution in [3.63, 3.8) is 0 Å². The lowest BCUT2D eigenvalue weighted by molar-refractivity contribution is 0.411. The maximum Gasteiger partial charge on any atom is 0.223 e. The number of ether oxygens (including phenoxy) is 1. The van der Waals surface area contributed by atoms with E-state index in [1.165, 1.54) is 6.07 Å². The molecule has 0 aliphatic carbocycles. The van der Waals surface area contributed by atoms with E-state index < -0.39 is 5.82 Å². The average molecular weight is 268 g/mol. The summed E-state index contributed by atoms with van der Waals surface area (Å²) >= 11 is 5.68. The van der Waals surface area contributed by atoms with Crippen LogP contribution in [0, 0.1) is 5.82 Å². The summed E-state index contributed by atoms with van der Waals surface area (Å²) in [6.45, 7) is 0.465.